The van der Waals surface area contributed by atoms with Crippen molar-refractivity contribution in [2.24, 2.45) is 0 Å². The van der Waals surface area contributed by atoms with Crippen molar-refractivity contribution < 1.29 is 22.8 Å². The van der Waals surface area contributed by atoms with Crippen molar-refractivity contribution in [2.75, 3.05) is 12.3 Å². The predicted molar refractivity (Wildman–Crippen MR) is 108 cm³/mol. The molecule has 0 spiro atoms. The number of halogens is 3. The van der Waals surface area contributed by atoms with Crippen LogP contribution in [0.15, 0.2) is 59.8 Å². The SMILES string of the molecule is O=C(CSc1nc2ccccc2n1CCc1ccccc1)NC(=O)NCC(F)(F)F. The molecule has 6 nitrogen and oxygen atoms in total. The highest BCUT2D eigenvalue weighted by molar-refractivity contribution is 7.99. The fraction of sp³-hybridized carbons (Fsp3) is 0.250. The number of carbonyl (C=O) groups excluding carboxylic acids is 2. The number of hydrogen-bond acceptors (Lipinski definition) is 4. The fourth-order valence-corrected chi connectivity index (χ4v) is 3.62. The fourth-order valence-electron chi connectivity index (χ4n) is 2.78. The Bertz CT molecular complexity index is 1020. The van der Waals surface area contributed by atoms with Gasteiger partial charge in [-0.2, -0.15) is 13.2 Å². The van der Waals surface area contributed by atoms with Gasteiger partial charge in [0.1, 0.15) is 6.54 Å². The zero-order valence-electron chi connectivity index (χ0n) is 15.8. The monoisotopic (exact) mass is 436 g/mol. The van der Waals surface area contributed by atoms with E-state index < -0.39 is 24.7 Å². The average Bonchev–Trinajstić information content (AvgIpc) is 3.07. The number of imide groups is 1. The number of alkyl halides is 3. The number of rotatable bonds is 7. The second-order valence-corrected chi connectivity index (χ2v) is 7.35. The predicted octanol–water partition coefficient (Wildman–Crippen LogP) is 3.76. The molecule has 1 heterocycles. The lowest BCUT2D eigenvalue weighted by molar-refractivity contribution is -0.124. The molecule has 3 rings (SSSR count). The van der Waals surface area contributed by atoms with Crippen LogP contribution in [0.1, 0.15) is 5.56 Å². The Balaban J connectivity index is 1.63. The molecule has 0 bridgehead atoms. The van der Waals surface area contributed by atoms with Crippen molar-refractivity contribution in [1.29, 1.82) is 0 Å². The molecule has 0 aliphatic rings. The number of para-hydroxylation sites is 2. The number of benzene rings is 2. The maximum absolute atomic E-state index is 12.1. The van der Waals surface area contributed by atoms with Crippen LogP contribution < -0.4 is 10.6 Å². The third-order valence-electron chi connectivity index (χ3n) is 4.12. The Morgan fingerprint density at radius 2 is 1.73 bits per heavy atom. The van der Waals surface area contributed by atoms with E-state index >= 15 is 0 Å². The number of imidazole rings is 1. The molecule has 0 aliphatic heterocycles. The van der Waals surface area contributed by atoms with Crippen LogP contribution in [-0.2, 0) is 17.8 Å². The van der Waals surface area contributed by atoms with Gasteiger partial charge in [-0.15, -0.1) is 0 Å². The first-order chi connectivity index (χ1) is 14.3. The number of hydrogen-bond donors (Lipinski definition) is 2. The van der Waals surface area contributed by atoms with Crippen LogP contribution in [0.4, 0.5) is 18.0 Å². The first-order valence-corrected chi connectivity index (χ1v) is 10.1. The summed E-state index contributed by atoms with van der Waals surface area (Å²) in [7, 11) is 0. The number of aromatic nitrogens is 2. The smallest absolute Gasteiger partial charge is 0.329 e. The van der Waals surface area contributed by atoms with Crippen LogP contribution in [0.25, 0.3) is 11.0 Å². The summed E-state index contributed by atoms with van der Waals surface area (Å²) in [5.41, 5.74) is 2.85. The van der Waals surface area contributed by atoms with Gasteiger partial charge in [0.25, 0.3) is 0 Å². The lowest BCUT2D eigenvalue weighted by Crippen LogP contribution is -2.43. The molecule has 0 atom stereocenters. The molecule has 10 heteroatoms. The topological polar surface area (TPSA) is 76.0 Å². The maximum Gasteiger partial charge on any atom is 0.405 e. The number of nitrogens with zero attached hydrogens (tertiary/aromatic N) is 2. The van der Waals surface area contributed by atoms with Gasteiger partial charge in [-0.3, -0.25) is 10.1 Å². The van der Waals surface area contributed by atoms with Crippen LogP contribution in [0.5, 0.6) is 0 Å². The maximum atomic E-state index is 12.1. The number of urea groups is 1. The second kappa shape index (κ2) is 9.66. The van der Waals surface area contributed by atoms with Crippen molar-refractivity contribution >= 4 is 34.7 Å². The summed E-state index contributed by atoms with van der Waals surface area (Å²) in [6.45, 7) is -0.866. The van der Waals surface area contributed by atoms with E-state index in [1.807, 2.05) is 64.5 Å². The van der Waals surface area contributed by atoms with Crippen molar-refractivity contribution in [3.05, 3.63) is 60.2 Å². The molecule has 1 aromatic heterocycles. The normalized spacial score (nSPS) is 11.4. The van der Waals surface area contributed by atoms with Gasteiger partial charge >= 0.3 is 12.2 Å². The minimum absolute atomic E-state index is 0.159. The molecule has 0 aliphatic carbocycles. The summed E-state index contributed by atoms with van der Waals surface area (Å²) in [6.07, 6.45) is -3.78. The molecule has 0 fully saturated rings. The zero-order valence-corrected chi connectivity index (χ0v) is 16.6. The van der Waals surface area contributed by atoms with Crippen LogP contribution in [0, 0.1) is 0 Å². The van der Waals surface area contributed by atoms with Crippen LogP contribution in [0.3, 0.4) is 0 Å². The van der Waals surface area contributed by atoms with E-state index in [0.29, 0.717) is 11.7 Å². The number of nitrogens with one attached hydrogen (secondary N) is 2. The standard InChI is InChI=1S/C20H19F3N4O2S/c21-20(22,23)13-24-18(29)26-17(28)12-30-19-25-15-8-4-5-9-16(15)27(19)11-10-14-6-2-1-3-7-14/h1-9H,10-13H2,(H2,24,26,28,29). The highest BCUT2D eigenvalue weighted by atomic mass is 32.2. The highest BCUT2D eigenvalue weighted by Crippen LogP contribution is 2.24. The Kier molecular flexibility index (Phi) is 6.99. The summed E-state index contributed by atoms with van der Waals surface area (Å²) in [6, 6.07) is 16.3. The van der Waals surface area contributed by atoms with Crippen molar-refractivity contribution in [2.45, 2.75) is 24.3 Å². The lowest BCUT2D eigenvalue weighted by Gasteiger charge is -2.10. The number of amides is 3. The molecule has 0 radical (unpaired) electrons. The Labute approximate surface area is 174 Å². The molecule has 0 saturated heterocycles. The van der Waals surface area contributed by atoms with Gasteiger partial charge in [-0.05, 0) is 24.1 Å². The summed E-state index contributed by atoms with van der Waals surface area (Å²) >= 11 is 1.12. The minimum Gasteiger partial charge on any atom is -0.329 e. The van der Waals surface area contributed by atoms with Crippen molar-refractivity contribution in [3.63, 3.8) is 0 Å². The first-order valence-electron chi connectivity index (χ1n) is 9.08. The van der Waals surface area contributed by atoms with Crippen LogP contribution in [0.2, 0.25) is 0 Å². The van der Waals surface area contributed by atoms with Gasteiger partial charge in [0, 0.05) is 6.54 Å². The van der Waals surface area contributed by atoms with Crippen molar-refractivity contribution in [1.82, 2.24) is 20.2 Å². The molecule has 0 unspecified atom stereocenters. The van der Waals surface area contributed by atoms with Crippen LogP contribution in [-0.4, -0.2) is 40.0 Å². The van der Waals surface area contributed by atoms with Gasteiger partial charge in [-0.1, -0.05) is 54.2 Å². The van der Waals surface area contributed by atoms with Crippen LogP contribution >= 0.6 is 11.8 Å². The van der Waals surface area contributed by atoms with E-state index in [2.05, 4.69) is 4.98 Å². The molecular weight excluding hydrogens is 417 g/mol. The molecule has 3 amide bonds. The van der Waals surface area contributed by atoms with Gasteiger partial charge in [-0.25, -0.2) is 9.78 Å². The summed E-state index contributed by atoms with van der Waals surface area (Å²) < 4.78 is 38.4. The van der Waals surface area contributed by atoms with E-state index in [9.17, 15) is 22.8 Å². The van der Waals surface area contributed by atoms with E-state index in [-0.39, 0.29) is 5.75 Å². The molecular formula is C20H19F3N4O2S. The average molecular weight is 436 g/mol. The molecule has 0 saturated carbocycles. The molecule has 158 valence electrons. The van der Waals surface area contributed by atoms with E-state index in [4.69, 9.17) is 0 Å². The largest absolute Gasteiger partial charge is 0.405 e. The molecule has 30 heavy (non-hydrogen) atoms. The number of fused-ring (bicyclic) bond motifs is 1. The summed E-state index contributed by atoms with van der Waals surface area (Å²) in [5, 5.41) is 4.08. The molecule has 2 aromatic carbocycles. The number of aryl methyl sites for hydroxylation is 2. The Morgan fingerprint density at radius 1 is 1.03 bits per heavy atom. The number of carbonyl (C=O) groups is 2. The number of thioether (sulfide) groups is 1. The van der Waals surface area contributed by atoms with E-state index in [1.165, 1.54) is 0 Å². The van der Waals surface area contributed by atoms with Crippen molar-refractivity contribution in [3.8, 4) is 0 Å². The summed E-state index contributed by atoms with van der Waals surface area (Å²) in [5.74, 6) is -0.866. The lowest BCUT2D eigenvalue weighted by atomic mass is 10.1. The van der Waals surface area contributed by atoms with Gasteiger partial charge in [0.05, 0.1) is 16.8 Å². The minimum atomic E-state index is -4.54. The van der Waals surface area contributed by atoms with Gasteiger partial charge in [0.2, 0.25) is 5.91 Å². The van der Waals surface area contributed by atoms with Gasteiger partial charge in [0.15, 0.2) is 5.16 Å². The Morgan fingerprint density at radius 3 is 2.47 bits per heavy atom. The van der Waals surface area contributed by atoms with Gasteiger partial charge < -0.3 is 9.88 Å². The van der Waals surface area contributed by atoms with E-state index in [1.54, 1.807) is 5.32 Å². The second-order valence-electron chi connectivity index (χ2n) is 6.41. The quantitative estimate of drug-likeness (QED) is 0.553. The third-order valence-corrected chi connectivity index (χ3v) is 5.10. The first kappa shape index (κ1) is 21.7. The highest BCUT2D eigenvalue weighted by Gasteiger charge is 2.28. The zero-order chi connectivity index (χ0) is 21.6. The Hall–Kier alpha value is -3.01. The van der Waals surface area contributed by atoms with E-state index in [0.717, 1.165) is 34.8 Å². The molecule has 2 N–H and O–H groups in total. The third kappa shape index (κ3) is 6.24. The summed E-state index contributed by atoms with van der Waals surface area (Å²) in [4.78, 5) is 27.9. The molecule has 3 aromatic rings.